The van der Waals surface area contributed by atoms with E-state index in [0.29, 0.717) is 6.04 Å². The average molecular weight is 216 g/mol. The third-order valence-corrected chi connectivity index (χ3v) is 2.95. The predicted octanol–water partition coefficient (Wildman–Crippen LogP) is 1.96. The first kappa shape index (κ1) is 9.78. The van der Waals surface area contributed by atoms with E-state index in [2.05, 4.69) is 20.6 Å². The molecule has 16 heavy (non-hydrogen) atoms. The molecule has 4 heteroatoms. The first-order chi connectivity index (χ1) is 7.57. The van der Waals surface area contributed by atoms with E-state index >= 15 is 0 Å². The average Bonchev–Trinajstić information content (AvgIpc) is 2.96. The van der Waals surface area contributed by atoms with Gasteiger partial charge in [-0.15, -0.1) is 0 Å². The van der Waals surface area contributed by atoms with Gasteiger partial charge in [0.1, 0.15) is 5.82 Å². The molecule has 0 aliphatic heterocycles. The molecule has 2 aromatic rings. The molecule has 0 spiro atoms. The van der Waals surface area contributed by atoms with E-state index in [9.17, 15) is 0 Å². The molecule has 0 amide bonds. The number of rotatable bonds is 2. The van der Waals surface area contributed by atoms with Crippen LogP contribution in [0.3, 0.4) is 0 Å². The van der Waals surface area contributed by atoms with Crippen molar-refractivity contribution < 1.29 is 0 Å². The fourth-order valence-electron chi connectivity index (χ4n) is 2.09. The Morgan fingerprint density at radius 1 is 1.44 bits per heavy atom. The monoisotopic (exact) mass is 216 g/mol. The summed E-state index contributed by atoms with van der Waals surface area (Å²) in [6, 6.07) is 4.60. The minimum absolute atomic E-state index is 0.413. The Bertz CT molecular complexity index is 531. The molecule has 0 radical (unpaired) electrons. The Kier molecular flexibility index (Phi) is 1.86. The first-order valence-electron chi connectivity index (χ1n) is 5.69. The molecule has 1 saturated carbocycles. The number of pyridine rings is 1. The summed E-state index contributed by atoms with van der Waals surface area (Å²) >= 11 is 0. The summed E-state index contributed by atoms with van der Waals surface area (Å²) in [6.07, 6.45) is 4.23. The summed E-state index contributed by atoms with van der Waals surface area (Å²) in [5.74, 6) is 0.948. The summed E-state index contributed by atoms with van der Waals surface area (Å²) < 4.78 is 2.27. The molecular weight excluding hydrogens is 200 g/mol. The molecule has 84 valence electrons. The van der Waals surface area contributed by atoms with Crippen molar-refractivity contribution in [1.82, 2.24) is 14.5 Å². The number of hydrogen-bond acceptors (Lipinski definition) is 3. The van der Waals surface area contributed by atoms with Gasteiger partial charge in [0.15, 0.2) is 5.65 Å². The lowest BCUT2D eigenvalue weighted by molar-refractivity contribution is 0.482. The van der Waals surface area contributed by atoms with Crippen molar-refractivity contribution in [2.75, 3.05) is 0 Å². The molecular formula is C12H16N4. The van der Waals surface area contributed by atoms with Gasteiger partial charge in [-0.2, -0.15) is 0 Å². The Hall–Kier alpha value is -1.42. The largest absolute Gasteiger partial charge is 0.322 e. The Morgan fingerprint density at radius 3 is 2.81 bits per heavy atom. The number of nitrogens with two attached hydrogens (primary N) is 1. The van der Waals surface area contributed by atoms with Crippen molar-refractivity contribution in [3.63, 3.8) is 0 Å². The second kappa shape index (κ2) is 3.04. The molecule has 1 aliphatic rings. The molecule has 1 aliphatic carbocycles. The highest BCUT2D eigenvalue weighted by atomic mass is 15.2. The molecule has 2 N–H and O–H groups in total. The van der Waals surface area contributed by atoms with Gasteiger partial charge in [-0.05, 0) is 38.8 Å². The normalized spacial score (nSPS) is 16.9. The lowest BCUT2D eigenvalue weighted by Gasteiger charge is -2.19. The molecule has 2 heterocycles. The van der Waals surface area contributed by atoms with Crippen molar-refractivity contribution in [1.29, 1.82) is 0 Å². The molecule has 2 aromatic heterocycles. The first-order valence-corrected chi connectivity index (χ1v) is 5.69. The Morgan fingerprint density at radius 2 is 2.19 bits per heavy atom. The van der Waals surface area contributed by atoms with Gasteiger partial charge in [-0.3, -0.25) is 0 Å². The van der Waals surface area contributed by atoms with Crippen molar-refractivity contribution >= 4 is 11.2 Å². The van der Waals surface area contributed by atoms with Gasteiger partial charge in [0, 0.05) is 12.2 Å². The standard InChI is InChI=1S/C12H16N4/c1-12(2,13)11-15-10-9(4-3-7-14-10)16(11)8-5-6-8/h3-4,7-8H,5-6,13H2,1-2H3. The smallest absolute Gasteiger partial charge is 0.177 e. The zero-order valence-corrected chi connectivity index (χ0v) is 9.64. The van der Waals surface area contributed by atoms with E-state index in [1.165, 1.54) is 12.8 Å². The fraction of sp³-hybridized carbons (Fsp3) is 0.500. The summed E-state index contributed by atoms with van der Waals surface area (Å²) in [7, 11) is 0. The maximum Gasteiger partial charge on any atom is 0.177 e. The lowest BCUT2D eigenvalue weighted by atomic mass is 10.1. The van der Waals surface area contributed by atoms with Gasteiger partial charge >= 0.3 is 0 Å². The van der Waals surface area contributed by atoms with Crippen LogP contribution in [0.25, 0.3) is 11.2 Å². The van der Waals surface area contributed by atoms with Gasteiger partial charge in [0.25, 0.3) is 0 Å². The third-order valence-electron chi connectivity index (χ3n) is 2.95. The van der Waals surface area contributed by atoms with Crippen molar-refractivity contribution in [3.05, 3.63) is 24.2 Å². The van der Waals surface area contributed by atoms with Crippen molar-refractivity contribution in [3.8, 4) is 0 Å². The van der Waals surface area contributed by atoms with Gasteiger partial charge in [0.05, 0.1) is 11.1 Å². The van der Waals surface area contributed by atoms with Crippen LogP contribution in [0.4, 0.5) is 0 Å². The van der Waals surface area contributed by atoms with Crippen molar-refractivity contribution in [2.45, 2.75) is 38.3 Å². The maximum absolute atomic E-state index is 6.18. The number of aromatic nitrogens is 3. The van der Waals surface area contributed by atoms with Gasteiger partial charge in [-0.1, -0.05) is 0 Å². The van der Waals surface area contributed by atoms with E-state index in [0.717, 1.165) is 17.0 Å². The topological polar surface area (TPSA) is 56.7 Å². The fourth-order valence-corrected chi connectivity index (χ4v) is 2.09. The van der Waals surface area contributed by atoms with E-state index in [1.54, 1.807) is 6.20 Å². The van der Waals surface area contributed by atoms with Crippen LogP contribution in [-0.2, 0) is 5.54 Å². The molecule has 4 nitrogen and oxygen atoms in total. The highest BCUT2D eigenvalue weighted by Crippen LogP contribution is 2.40. The minimum atomic E-state index is -0.413. The molecule has 3 rings (SSSR count). The van der Waals surface area contributed by atoms with Gasteiger partial charge in [0.2, 0.25) is 0 Å². The highest BCUT2D eigenvalue weighted by Gasteiger charge is 2.32. The van der Waals surface area contributed by atoms with Crippen molar-refractivity contribution in [2.24, 2.45) is 5.73 Å². The Labute approximate surface area is 94.5 Å². The molecule has 0 bridgehead atoms. The molecule has 1 fully saturated rings. The van der Waals surface area contributed by atoms with E-state index in [4.69, 9.17) is 5.73 Å². The summed E-state index contributed by atoms with van der Waals surface area (Å²) in [6.45, 7) is 3.99. The quantitative estimate of drug-likeness (QED) is 0.834. The number of hydrogen-bond donors (Lipinski definition) is 1. The minimum Gasteiger partial charge on any atom is -0.322 e. The molecule has 0 aromatic carbocycles. The second-order valence-electron chi connectivity index (χ2n) is 5.10. The summed E-state index contributed by atoms with van der Waals surface area (Å²) in [5, 5.41) is 0. The highest BCUT2D eigenvalue weighted by molar-refractivity contribution is 5.72. The third kappa shape index (κ3) is 1.41. The summed E-state index contributed by atoms with van der Waals surface area (Å²) in [4.78, 5) is 8.87. The lowest BCUT2D eigenvalue weighted by Crippen LogP contribution is -2.32. The Balaban J connectivity index is 2.30. The van der Waals surface area contributed by atoms with Gasteiger partial charge < -0.3 is 10.3 Å². The van der Waals surface area contributed by atoms with Crippen LogP contribution in [0.1, 0.15) is 38.6 Å². The van der Waals surface area contributed by atoms with Crippen LogP contribution < -0.4 is 5.73 Å². The molecule has 0 unspecified atom stereocenters. The van der Waals surface area contributed by atoms with Crippen LogP contribution in [0.2, 0.25) is 0 Å². The predicted molar refractivity (Wildman–Crippen MR) is 63.0 cm³/mol. The SMILES string of the molecule is CC(C)(N)c1nc2ncccc2n1C1CC1. The molecule has 0 atom stereocenters. The van der Waals surface area contributed by atoms with Crippen LogP contribution in [0.15, 0.2) is 18.3 Å². The van der Waals surface area contributed by atoms with Crippen LogP contribution in [-0.4, -0.2) is 14.5 Å². The van der Waals surface area contributed by atoms with E-state index in [1.807, 2.05) is 19.9 Å². The van der Waals surface area contributed by atoms with E-state index in [-0.39, 0.29) is 0 Å². The maximum atomic E-state index is 6.18. The number of fused-ring (bicyclic) bond motifs is 1. The second-order valence-corrected chi connectivity index (χ2v) is 5.10. The number of nitrogens with zero attached hydrogens (tertiary/aromatic N) is 3. The molecule has 0 saturated heterocycles. The zero-order valence-electron chi connectivity index (χ0n) is 9.64. The zero-order chi connectivity index (χ0) is 11.3. The number of imidazole rings is 1. The van der Waals surface area contributed by atoms with E-state index < -0.39 is 5.54 Å². The summed E-state index contributed by atoms with van der Waals surface area (Å²) in [5.41, 5.74) is 7.68. The van der Waals surface area contributed by atoms with Crippen LogP contribution >= 0.6 is 0 Å². The van der Waals surface area contributed by atoms with Crippen LogP contribution in [0.5, 0.6) is 0 Å². The van der Waals surface area contributed by atoms with Gasteiger partial charge in [-0.25, -0.2) is 9.97 Å². The van der Waals surface area contributed by atoms with Crippen LogP contribution in [0, 0.1) is 0 Å².